The van der Waals surface area contributed by atoms with Gasteiger partial charge in [0.15, 0.2) is 18.1 Å². The fourth-order valence-electron chi connectivity index (χ4n) is 5.11. The third kappa shape index (κ3) is 3.53. The number of pyridine rings is 1. The van der Waals surface area contributed by atoms with Crippen LogP contribution >= 0.6 is 0 Å². The van der Waals surface area contributed by atoms with E-state index in [-0.39, 0.29) is 41.2 Å². The predicted molar refractivity (Wildman–Crippen MR) is 120 cm³/mol. The van der Waals surface area contributed by atoms with Gasteiger partial charge in [0, 0.05) is 49.8 Å². The van der Waals surface area contributed by atoms with E-state index < -0.39 is 23.0 Å². The summed E-state index contributed by atoms with van der Waals surface area (Å²) in [5.74, 6) is -1.95. The molecular formula is C24H24FN3O6. The van der Waals surface area contributed by atoms with Gasteiger partial charge in [0.1, 0.15) is 11.4 Å². The average Bonchev–Trinajstić information content (AvgIpc) is 3.51. The Kier molecular flexibility index (Phi) is 4.87. The van der Waals surface area contributed by atoms with E-state index in [0.29, 0.717) is 11.2 Å². The van der Waals surface area contributed by atoms with E-state index in [9.17, 15) is 14.4 Å². The number of ether oxygens (including phenoxy) is 1. The Labute approximate surface area is 193 Å². The highest BCUT2D eigenvalue weighted by Crippen LogP contribution is 2.39. The first-order chi connectivity index (χ1) is 16.4. The van der Waals surface area contributed by atoms with Crippen LogP contribution < -0.4 is 16.2 Å². The molecule has 2 unspecified atom stereocenters. The third-order valence-electron chi connectivity index (χ3n) is 7.09. The van der Waals surface area contributed by atoms with Gasteiger partial charge in [-0.25, -0.2) is 14.0 Å². The summed E-state index contributed by atoms with van der Waals surface area (Å²) >= 11 is 0. The maximum absolute atomic E-state index is 15.3. The van der Waals surface area contributed by atoms with E-state index in [1.807, 2.05) is 4.57 Å². The first-order valence-corrected chi connectivity index (χ1v) is 11.5. The molecule has 1 aromatic carbocycles. The molecule has 2 saturated heterocycles. The molecule has 2 bridgehead atoms. The molecule has 1 aliphatic carbocycles. The molecule has 3 aliphatic rings. The molecule has 6 rings (SSSR count). The van der Waals surface area contributed by atoms with E-state index in [1.54, 1.807) is 6.07 Å². The van der Waals surface area contributed by atoms with Crippen molar-refractivity contribution in [1.29, 1.82) is 0 Å². The maximum Gasteiger partial charge on any atom is 0.519 e. The summed E-state index contributed by atoms with van der Waals surface area (Å²) in [7, 11) is 0. The van der Waals surface area contributed by atoms with Gasteiger partial charge in [0.2, 0.25) is 5.43 Å². The van der Waals surface area contributed by atoms with Gasteiger partial charge in [-0.3, -0.25) is 9.69 Å². The van der Waals surface area contributed by atoms with Crippen LogP contribution in [0.2, 0.25) is 0 Å². The van der Waals surface area contributed by atoms with Crippen molar-refractivity contribution in [2.24, 2.45) is 0 Å². The van der Waals surface area contributed by atoms with Gasteiger partial charge in [-0.15, -0.1) is 0 Å². The number of hydrogen-bond donors (Lipinski definition) is 0. The van der Waals surface area contributed by atoms with Gasteiger partial charge >= 0.3 is 11.8 Å². The number of carbonyl (C=O) groups excluding carboxylic acids is 1. The Bertz CT molecular complexity index is 1420. The maximum atomic E-state index is 15.3. The zero-order chi connectivity index (χ0) is 23.6. The first-order valence-electron chi connectivity index (χ1n) is 11.5. The molecular weight excluding hydrogens is 445 g/mol. The number of esters is 1. The van der Waals surface area contributed by atoms with Crippen molar-refractivity contribution in [3.63, 3.8) is 0 Å². The van der Waals surface area contributed by atoms with Crippen molar-refractivity contribution in [3.8, 4) is 0 Å². The highest BCUT2D eigenvalue weighted by Gasteiger charge is 2.35. The van der Waals surface area contributed by atoms with Crippen LogP contribution in [-0.4, -0.2) is 47.7 Å². The fourth-order valence-corrected chi connectivity index (χ4v) is 5.11. The Morgan fingerprint density at radius 1 is 1.12 bits per heavy atom. The standard InChI is InChI=1S/C24H24FN3O6/c1-13-21(34-24(31)33-13)12-32-23(30)17-11-28(14-2-3-14)19-9-20(18(25)8-16(19)22(17)29)27-7-6-26-5-4-15(27)10-26/h8-9,11,14-15H,2-7,10,12H2,1H3. The van der Waals surface area contributed by atoms with Gasteiger partial charge in [0.25, 0.3) is 0 Å². The molecule has 3 aromatic rings. The number of benzene rings is 1. The summed E-state index contributed by atoms with van der Waals surface area (Å²) in [6.07, 6.45) is 4.34. The number of aryl methyl sites for hydroxylation is 1. The zero-order valence-corrected chi connectivity index (χ0v) is 18.7. The quantitative estimate of drug-likeness (QED) is 0.526. The number of aromatic nitrogens is 1. The Hall–Kier alpha value is -3.40. The first kappa shape index (κ1) is 21.2. The molecule has 2 aromatic heterocycles. The van der Waals surface area contributed by atoms with Crippen molar-refractivity contribution in [3.05, 3.63) is 62.1 Å². The number of carbonyl (C=O) groups is 1. The minimum absolute atomic E-state index is 0.0735. The number of fused-ring (bicyclic) bond motifs is 3. The number of nitrogens with zero attached hydrogens (tertiary/aromatic N) is 3. The van der Waals surface area contributed by atoms with Crippen LogP contribution in [0.25, 0.3) is 10.9 Å². The van der Waals surface area contributed by atoms with Crippen LogP contribution in [0.3, 0.4) is 0 Å². The van der Waals surface area contributed by atoms with Crippen molar-refractivity contribution in [1.82, 2.24) is 9.47 Å². The molecule has 0 amide bonds. The van der Waals surface area contributed by atoms with Crippen LogP contribution in [0, 0.1) is 12.7 Å². The highest BCUT2D eigenvalue weighted by molar-refractivity contribution is 5.94. The minimum Gasteiger partial charge on any atom is -0.454 e. The summed E-state index contributed by atoms with van der Waals surface area (Å²) in [4.78, 5) is 41.7. The molecule has 2 aliphatic heterocycles. The van der Waals surface area contributed by atoms with Gasteiger partial charge in [-0.05, 0) is 38.3 Å². The Balaban J connectivity index is 1.38. The van der Waals surface area contributed by atoms with Crippen LogP contribution in [-0.2, 0) is 11.3 Å². The van der Waals surface area contributed by atoms with Crippen LogP contribution in [0.4, 0.5) is 10.1 Å². The lowest BCUT2D eigenvalue weighted by Crippen LogP contribution is -2.47. The fraction of sp³-hybridized carbons (Fsp3) is 0.458. The smallest absolute Gasteiger partial charge is 0.454 e. The number of halogens is 1. The Morgan fingerprint density at radius 3 is 2.68 bits per heavy atom. The van der Waals surface area contributed by atoms with Crippen molar-refractivity contribution in [2.75, 3.05) is 31.1 Å². The van der Waals surface area contributed by atoms with Gasteiger partial charge in [0.05, 0.1) is 11.2 Å². The van der Waals surface area contributed by atoms with Gasteiger partial charge in [-0.1, -0.05) is 0 Å². The molecule has 9 nitrogen and oxygen atoms in total. The van der Waals surface area contributed by atoms with Gasteiger partial charge < -0.3 is 23.0 Å². The van der Waals surface area contributed by atoms with Crippen LogP contribution in [0.15, 0.2) is 36.8 Å². The van der Waals surface area contributed by atoms with E-state index in [1.165, 1.54) is 19.2 Å². The SMILES string of the molecule is Cc1oc(=O)oc1COC(=O)c1cn(C2CC2)c2cc(N3CCN4CCC3C4)c(F)cc2c1=O. The summed E-state index contributed by atoms with van der Waals surface area (Å²) in [5, 5.41) is 0.152. The largest absolute Gasteiger partial charge is 0.519 e. The van der Waals surface area contributed by atoms with Crippen LogP contribution in [0.1, 0.15) is 47.2 Å². The minimum atomic E-state index is -0.893. The van der Waals surface area contributed by atoms with Crippen molar-refractivity contribution < 1.29 is 22.8 Å². The monoisotopic (exact) mass is 469 g/mol. The molecule has 4 heterocycles. The van der Waals surface area contributed by atoms with Crippen molar-refractivity contribution >= 4 is 22.6 Å². The summed E-state index contributed by atoms with van der Waals surface area (Å²) in [6, 6.07) is 3.42. The van der Waals surface area contributed by atoms with Crippen molar-refractivity contribution in [2.45, 2.75) is 44.9 Å². The molecule has 2 atom stereocenters. The summed E-state index contributed by atoms with van der Waals surface area (Å²) in [6.45, 7) is 4.75. The molecule has 3 fully saturated rings. The van der Waals surface area contributed by atoms with E-state index in [2.05, 4.69) is 9.80 Å². The topological polar surface area (TPSA) is 98.1 Å². The third-order valence-corrected chi connectivity index (χ3v) is 7.09. The normalized spacial score (nSPS) is 21.9. The summed E-state index contributed by atoms with van der Waals surface area (Å²) in [5.41, 5.74) is 0.365. The second kappa shape index (κ2) is 7.83. The molecule has 34 heavy (non-hydrogen) atoms. The lowest BCUT2D eigenvalue weighted by Gasteiger charge is -2.36. The van der Waals surface area contributed by atoms with E-state index in [0.717, 1.165) is 45.4 Å². The lowest BCUT2D eigenvalue weighted by molar-refractivity contribution is 0.0440. The number of anilines is 1. The van der Waals surface area contributed by atoms with Crippen LogP contribution in [0.5, 0.6) is 0 Å². The molecule has 0 radical (unpaired) electrons. The van der Waals surface area contributed by atoms with E-state index >= 15 is 4.39 Å². The Morgan fingerprint density at radius 2 is 1.94 bits per heavy atom. The number of hydrogen-bond acceptors (Lipinski definition) is 8. The molecule has 0 spiro atoms. The molecule has 0 N–H and O–H groups in total. The molecule has 178 valence electrons. The highest BCUT2D eigenvalue weighted by atomic mass is 19.1. The lowest BCUT2D eigenvalue weighted by atomic mass is 10.1. The van der Waals surface area contributed by atoms with E-state index in [4.69, 9.17) is 13.6 Å². The molecule has 1 saturated carbocycles. The zero-order valence-electron chi connectivity index (χ0n) is 18.7. The second-order valence-corrected chi connectivity index (χ2v) is 9.28. The number of rotatable bonds is 5. The second-order valence-electron chi connectivity index (χ2n) is 9.28. The average molecular weight is 469 g/mol. The number of piperazine rings is 1. The van der Waals surface area contributed by atoms with Gasteiger partial charge in [-0.2, -0.15) is 0 Å². The summed E-state index contributed by atoms with van der Waals surface area (Å²) < 4.78 is 32.0. The molecule has 10 heteroatoms. The predicted octanol–water partition coefficient (Wildman–Crippen LogP) is 2.58.